The molecular weight excluding hydrogens is 366 g/mol. The molecule has 0 bridgehead atoms. The summed E-state index contributed by atoms with van der Waals surface area (Å²) in [6.07, 6.45) is 1.46. The summed E-state index contributed by atoms with van der Waals surface area (Å²) in [5.74, 6) is -0.762. The van der Waals surface area contributed by atoms with Crippen molar-refractivity contribution in [3.63, 3.8) is 0 Å². The molecule has 1 amide bonds. The number of benzene rings is 2. The Balaban J connectivity index is 1.83. The van der Waals surface area contributed by atoms with Crippen molar-refractivity contribution >= 4 is 38.0 Å². The molecule has 1 N–H and O–H groups in total. The van der Waals surface area contributed by atoms with Gasteiger partial charge in [-0.3, -0.25) is 9.78 Å². The Kier molecular flexibility index (Phi) is 3.92. The summed E-state index contributed by atoms with van der Waals surface area (Å²) < 4.78 is 26.6. The number of fused-ring (bicyclic) bond motifs is 1. The molecule has 0 radical (unpaired) electrons. The van der Waals surface area contributed by atoms with Crippen LogP contribution in [0.15, 0.2) is 70.8 Å². The lowest BCUT2D eigenvalue weighted by Crippen LogP contribution is -2.38. The lowest BCUT2D eigenvalue weighted by atomic mass is 10.2. The fourth-order valence-corrected chi connectivity index (χ4v) is 5.01. The summed E-state index contributed by atoms with van der Waals surface area (Å²) in [4.78, 5) is 16.9. The Morgan fingerprint density at radius 3 is 2.52 bits per heavy atom. The van der Waals surface area contributed by atoms with Crippen LogP contribution in [-0.2, 0) is 14.6 Å². The van der Waals surface area contributed by atoms with Gasteiger partial charge in [0.05, 0.1) is 16.3 Å². The van der Waals surface area contributed by atoms with Gasteiger partial charge in [-0.25, -0.2) is 8.42 Å². The number of hydrogen-bond donors (Lipinski definition) is 1. The lowest BCUT2D eigenvalue weighted by molar-refractivity contribution is -0.116. The molecule has 0 unspecified atom stereocenters. The molecule has 3 aromatic rings. The number of anilines is 1. The standard InChI is InChI=1S/C19H15N3O4S/c1-12-18(19(24)22(21-12)13-6-3-2-4-7-13)27(25,26)16-10-9-15(23)17-14(16)8-5-11-20-17/h2-11,18,23H,1H3/t18-/m0/s1. The highest BCUT2D eigenvalue weighted by molar-refractivity contribution is 7.94. The van der Waals surface area contributed by atoms with E-state index in [1.807, 2.05) is 0 Å². The quantitative estimate of drug-likeness (QED) is 0.751. The van der Waals surface area contributed by atoms with Gasteiger partial charge in [-0.05, 0) is 43.3 Å². The van der Waals surface area contributed by atoms with Gasteiger partial charge in [0.25, 0.3) is 5.91 Å². The first-order valence-corrected chi connectivity index (χ1v) is 9.70. The van der Waals surface area contributed by atoms with E-state index in [0.29, 0.717) is 5.69 Å². The molecule has 1 aliphatic heterocycles. The minimum Gasteiger partial charge on any atom is -0.506 e. The first kappa shape index (κ1) is 17.2. The van der Waals surface area contributed by atoms with E-state index in [4.69, 9.17) is 0 Å². The van der Waals surface area contributed by atoms with Crippen molar-refractivity contribution in [1.82, 2.24) is 4.98 Å². The predicted octanol–water partition coefficient (Wildman–Crippen LogP) is 2.51. The van der Waals surface area contributed by atoms with E-state index in [1.54, 1.807) is 42.5 Å². The van der Waals surface area contributed by atoms with Gasteiger partial charge in [-0.15, -0.1) is 0 Å². The number of pyridine rings is 1. The van der Waals surface area contributed by atoms with Crippen LogP contribution in [0.5, 0.6) is 5.75 Å². The molecule has 4 rings (SSSR count). The number of carbonyl (C=O) groups is 1. The van der Waals surface area contributed by atoms with E-state index >= 15 is 0 Å². The molecular formula is C19H15N3O4S. The minimum absolute atomic E-state index is 0.0637. The molecule has 0 fully saturated rings. The number of phenols is 1. The van der Waals surface area contributed by atoms with E-state index in [1.165, 1.54) is 25.3 Å². The Labute approximate surface area is 155 Å². The van der Waals surface area contributed by atoms with Crippen molar-refractivity contribution in [2.75, 3.05) is 5.01 Å². The summed E-state index contributed by atoms with van der Waals surface area (Å²) in [7, 11) is -4.09. The van der Waals surface area contributed by atoms with Gasteiger partial charge in [-0.2, -0.15) is 10.1 Å². The molecule has 0 spiro atoms. The van der Waals surface area contributed by atoms with Crippen LogP contribution in [0.1, 0.15) is 6.92 Å². The van der Waals surface area contributed by atoms with Crippen molar-refractivity contribution in [1.29, 1.82) is 0 Å². The summed E-state index contributed by atoms with van der Waals surface area (Å²) in [5, 5.41) is 14.1. The summed E-state index contributed by atoms with van der Waals surface area (Å²) in [6, 6.07) is 14.3. The van der Waals surface area contributed by atoms with Gasteiger partial charge in [0, 0.05) is 11.6 Å². The molecule has 0 saturated heterocycles. The number of phenolic OH excluding ortho intramolecular Hbond substituents is 1. The van der Waals surface area contributed by atoms with Crippen LogP contribution in [0.25, 0.3) is 10.9 Å². The third-order valence-corrected chi connectivity index (χ3v) is 6.53. The summed E-state index contributed by atoms with van der Waals surface area (Å²) in [5.41, 5.74) is 0.851. The van der Waals surface area contributed by atoms with E-state index in [2.05, 4.69) is 10.1 Å². The van der Waals surface area contributed by atoms with Gasteiger partial charge in [0.2, 0.25) is 0 Å². The molecule has 8 heteroatoms. The molecule has 2 heterocycles. The Morgan fingerprint density at radius 2 is 1.78 bits per heavy atom. The van der Waals surface area contributed by atoms with Crippen molar-refractivity contribution < 1.29 is 18.3 Å². The fourth-order valence-electron chi connectivity index (χ4n) is 3.17. The number of para-hydroxylation sites is 1. The molecule has 2 aromatic carbocycles. The van der Waals surface area contributed by atoms with Crippen molar-refractivity contribution in [3.8, 4) is 5.75 Å². The number of aromatic nitrogens is 1. The zero-order valence-corrected chi connectivity index (χ0v) is 15.1. The van der Waals surface area contributed by atoms with E-state index in [0.717, 1.165) is 5.01 Å². The predicted molar refractivity (Wildman–Crippen MR) is 101 cm³/mol. The normalized spacial score (nSPS) is 17.4. The highest BCUT2D eigenvalue weighted by Crippen LogP contribution is 2.33. The maximum atomic E-state index is 13.3. The number of nitrogens with zero attached hydrogens (tertiary/aromatic N) is 3. The van der Waals surface area contributed by atoms with Gasteiger partial charge in [-0.1, -0.05) is 18.2 Å². The molecule has 0 saturated carbocycles. The van der Waals surface area contributed by atoms with Crippen LogP contribution in [0, 0.1) is 0 Å². The van der Waals surface area contributed by atoms with Crippen LogP contribution >= 0.6 is 0 Å². The van der Waals surface area contributed by atoms with Crippen LogP contribution in [0.2, 0.25) is 0 Å². The van der Waals surface area contributed by atoms with Crippen LogP contribution in [0.3, 0.4) is 0 Å². The topological polar surface area (TPSA) is 99.9 Å². The Morgan fingerprint density at radius 1 is 1.04 bits per heavy atom. The molecule has 1 atom stereocenters. The molecule has 7 nitrogen and oxygen atoms in total. The fraction of sp³-hybridized carbons (Fsp3) is 0.105. The summed E-state index contributed by atoms with van der Waals surface area (Å²) in [6.45, 7) is 1.52. The number of amides is 1. The highest BCUT2D eigenvalue weighted by Gasteiger charge is 2.45. The Bertz CT molecular complexity index is 1190. The van der Waals surface area contributed by atoms with E-state index < -0.39 is 21.0 Å². The van der Waals surface area contributed by atoms with Gasteiger partial charge >= 0.3 is 0 Å². The summed E-state index contributed by atoms with van der Waals surface area (Å²) >= 11 is 0. The molecule has 136 valence electrons. The van der Waals surface area contributed by atoms with Gasteiger partial charge in [0.15, 0.2) is 15.1 Å². The number of hydrogen-bond acceptors (Lipinski definition) is 6. The smallest absolute Gasteiger partial charge is 0.271 e. The number of hydrazone groups is 1. The van der Waals surface area contributed by atoms with Crippen molar-refractivity contribution in [2.24, 2.45) is 5.10 Å². The maximum absolute atomic E-state index is 13.3. The number of sulfone groups is 1. The number of aromatic hydroxyl groups is 1. The average Bonchev–Trinajstić information content (AvgIpc) is 2.97. The second-order valence-electron chi connectivity index (χ2n) is 6.13. The third-order valence-electron chi connectivity index (χ3n) is 4.40. The number of rotatable bonds is 3. The maximum Gasteiger partial charge on any atom is 0.271 e. The lowest BCUT2D eigenvalue weighted by Gasteiger charge is -2.16. The molecule has 27 heavy (non-hydrogen) atoms. The average molecular weight is 381 g/mol. The SMILES string of the molecule is CC1=NN(c2ccccc2)C(=O)[C@H]1S(=O)(=O)c1ccc(O)c2ncccc12. The van der Waals surface area contributed by atoms with E-state index in [-0.39, 0.29) is 27.3 Å². The van der Waals surface area contributed by atoms with Crippen LogP contribution in [-0.4, -0.2) is 35.4 Å². The largest absolute Gasteiger partial charge is 0.506 e. The van der Waals surface area contributed by atoms with Crippen molar-refractivity contribution in [2.45, 2.75) is 17.1 Å². The Hall–Kier alpha value is -3.26. The van der Waals surface area contributed by atoms with Gasteiger partial charge in [0.1, 0.15) is 11.3 Å². The molecule has 0 aliphatic carbocycles. The first-order chi connectivity index (χ1) is 12.9. The second-order valence-corrected chi connectivity index (χ2v) is 8.14. The molecule has 1 aromatic heterocycles. The highest BCUT2D eigenvalue weighted by atomic mass is 32.2. The van der Waals surface area contributed by atoms with Gasteiger partial charge < -0.3 is 5.11 Å². The third kappa shape index (κ3) is 2.65. The molecule has 1 aliphatic rings. The van der Waals surface area contributed by atoms with E-state index in [9.17, 15) is 18.3 Å². The second kappa shape index (κ2) is 6.17. The van der Waals surface area contributed by atoms with Crippen molar-refractivity contribution in [3.05, 3.63) is 60.8 Å². The first-order valence-electron chi connectivity index (χ1n) is 8.16. The minimum atomic E-state index is -4.09. The number of carbonyl (C=O) groups excluding carboxylic acids is 1. The zero-order valence-electron chi connectivity index (χ0n) is 14.3. The zero-order chi connectivity index (χ0) is 19.2. The monoisotopic (exact) mass is 381 g/mol. The van der Waals surface area contributed by atoms with Crippen LogP contribution < -0.4 is 5.01 Å². The van der Waals surface area contributed by atoms with Crippen LogP contribution in [0.4, 0.5) is 5.69 Å².